The molecule has 4 aromatic carbocycles. The molecule has 2 aromatic heterocycles. The maximum Gasteiger partial charge on any atom is 0.573 e. The van der Waals surface area contributed by atoms with Crippen molar-refractivity contribution in [2.45, 2.75) is 38.1 Å². The number of hydrogen-bond donors (Lipinski definition) is 1. The Hall–Kier alpha value is -5.97. The lowest BCUT2D eigenvalue weighted by Crippen LogP contribution is -2.39. The summed E-state index contributed by atoms with van der Waals surface area (Å²) in [6.45, 7) is 2.15. The Morgan fingerprint density at radius 3 is 1.98 bits per heavy atom. The van der Waals surface area contributed by atoms with E-state index in [2.05, 4.69) is 15.0 Å². The maximum atomic E-state index is 13.7. The summed E-state index contributed by atoms with van der Waals surface area (Å²) in [6.07, 6.45) is -1.63. The highest BCUT2D eigenvalue weighted by molar-refractivity contribution is 5.92. The van der Waals surface area contributed by atoms with Crippen LogP contribution in [0.5, 0.6) is 5.75 Å². The second kappa shape index (κ2) is 13.5. The van der Waals surface area contributed by atoms with Crippen LogP contribution in [-0.2, 0) is 23.1 Å². The minimum Gasteiger partial charge on any atom is -0.461 e. The largest absolute Gasteiger partial charge is 0.573 e. The van der Waals surface area contributed by atoms with Crippen LogP contribution in [0.2, 0.25) is 0 Å². The van der Waals surface area contributed by atoms with Crippen LogP contribution in [-0.4, -0.2) is 38.7 Å². The molecule has 2 heterocycles. The van der Waals surface area contributed by atoms with Gasteiger partial charge in [0.2, 0.25) is 5.95 Å². The number of rotatable bonds is 10. The van der Waals surface area contributed by atoms with Crippen LogP contribution in [0.25, 0.3) is 11.4 Å². The molecule has 0 saturated carbocycles. The van der Waals surface area contributed by atoms with E-state index in [1.807, 2.05) is 103 Å². The third kappa shape index (κ3) is 6.06. The minimum absolute atomic E-state index is 0.0327. The molecular weight excluding hydrogens is 643 g/mol. The Morgan fingerprint density at radius 1 is 0.820 bits per heavy atom. The van der Waals surface area contributed by atoms with E-state index in [4.69, 9.17) is 14.8 Å². The highest BCUT2D eigenvalue weighted by atomic mass is 19.4. The second-order valence-electron chi connectivity index (χ2n) is 11.8. The number of nitrogens with zero attached hydrogens (tertiary/aromatic N) is 4. The molecule has 6 aromatic rings. The van der Waals surface area contributed by atoms with Gasteiger partial charge in [-0.15, -0.1) is 13.2 Å². The second-order valence-corrected chi connectivity index (χ2v) is 11.8. The molecular formula is C39H32F3N5O3. The molecule has 0 atom stereocenters. The van der Waals surface area contributed by atoms with Crippen LogP contribution >= 0.6 is 0 Å². The molecule has 0 aliphatic heterocycles. The predicted octanol–water partition coefficient (Wildman–Crippen LogP) is 8.49. The molecule has 252 valence electrons. The lowest BCUT2D eigenvalue weighted by molar-refractivity contribution is -0.274. The average Bonchev–Trinajstić information content (AvgIpc) is 3.53. The summed E-state index contributed by atoms with van der Waals surface area (Å²) in [5.41, 5.74) is 4.29. The van der Waals surface area contributed by atoms with Crippen LogP contribution in [0.15, 0.2) is 121 Å². The molecule has 8 nitrogen and oxygen atoms in total. The highest BCUT2D eigenvalue weighted by Gasteiger charge is 2.44. The number of carbonyl (C=O) groups excluding carboxylic acids is 1. The number of para-hydroxylation sites is 2. The molecule has 0 spiro atoms. The van der Waals surface area contributed by atoms with E-state index in [1.54, 1.807) is 12.3 Å². The molecule has 0 amide bonds. The van der Waals surface area contributed by atoms with Gasteiger partial charge in [-0.2, -0.15) is 5.10 Å². The zero-order valence-corrected chi connectivity index (χ0v) is 27.0. The first-order valence-corrected chi connectivity index (χ1v) is 16.2. The maximum absolute atomic E-state index is 13.7. The van der Waals surface area contributed by atoms with Gasteiger partial charge in [0.1, 0.15) is 5.54 Å². The number of ether oxygens (including phenoxy) is 2. The van der Waals surface area contributed by atoms with Gasteiger partial charge in [-0.3, -0.25) is 0 Å². The van der Waals surface area contributed by atoms with Gasteiger partial charge in [-0.05, 0) is 53.6 Å². The number of halogens is 3. The molecule has 0 fully saturated rings. The van der Waals surface area contributed by atoms with E-state index in [0.717, 1.165) is 22.3 Å². The number of fused-ring (bicyclic) bond motifs is 3. The molecule has 1 aliphatic rings. The molecule has 1 N–H and O–H groups in total. The number of aryl methyl sites for hydroxylation is 1. The molecule has 7 rings (SSSR count). The summed E-state index contributed by atoms with van der Waals surface area (Å²) >= 11 is 0. The van der Waals surface area contributed by atoms with E-state index < -0.39 is 23.6 Å². The number of hydrogen-bond acceptors (Lipinski definition) is 7. The summed E-state index contributed by atoms with van der Waals surface area (Å²) in [5, 5.41) is 8.05. The zero-order valence-electron chi connectivity index (χ0n) is 27.0. The Bertz CT molecular complexity index is 2020. The van der Waals surface area contributed by atoms with Crippen molar-refractivity contribution in [1.82, 2.24) is 19.7 Å². The average molecular weight is 676 g/mol. The number of alkyl halides is 3. The van der Waals surface area contributed by atoms with Crippen molar-refractivity contribution in [3.8, 4) is 17.1 Å². The highest BCUT2D eigenvalue weighted by Crippen LogP contribution is 2.46. The van der Waals surface area contributed by atoms with Crippen LogP contribution in [0.4, 0.5) is 24.8 Å². The molecule has 11 heteroatoms. The zero-order chi connectivity index (χ0) is 34.7. The fraction of sp³-hybridized carbons (Fsp3) is 0.179. The van der Waals surface area contributed by atoms with Crippen LogP contribution in [0, 0.1) is 0 Å². The predicted molar refractivity (Wildman–Crippen MR) is 182 cm³/mol. The number of esters is 1. The van der Waals surface area contributed by atoms with Crippen LogP contribution < -0.4 is 10.1 Å². The number of nitrogens with one attached hydrogen (secondary N) is 1. The van der Waals surface area contributed by atoms with Crippen molar-refractivity contribution < 1.29 is 27.4 Å². The summed E-state index contributed by atoms with van der Waals surface area (Å²) in [6, 6.07) is 35.4. The smallest absolute Gasteiger partial charge is 0.461 e. The fourth-order valence-electron chi connectivity index (χ4n) is 6.52. The topological polar surface area (TPSA) is 91.2 Å². The van der Waals surface area contributed by atoms with E-state index >= 15 is 0 Å². The van der Waals surface area contributed by atoms with E-state index in [9.17, 15) is 18.0 Å². The molecule has 0 radical (unpaired) electrons. The standard InChI is InChI=1S/C39H32F3N5O3/c1-2-24-49-36(48)34-30-23-22-26-25-43-37(44-31-20-12-13-21-32(31)50-39(40,41)42)45-33(26)35(30)47(46-34)38(27-14-6-3-7-15-27,28-16-8-4-9-17-28)29-18-10-5-11-19-29/h3-21,25H,2,22-24H2,1H3,(H,43,44,45). The van der Waals surface area contributed by atoms with Gasteiger partial charge in [0.25, 0.3) is 0 Å². The van der Waals surface area contributed by atoms with Gasteiger partial charge in [0.05, 0.1) is 23.7 Å². The lowest BCUT2D eigenvalue weighted by Gasteiger charge is -2.38. The van der Waals surface area contributed by atoms with E-state index in [-0.39, 0.29) is 23.9 Å². The van der Waals surface area contributed by atoms with Crippen molar-refractivity contribution in [3.63, 3.8) is 0 Å². The normalized spacial score (nSPS) is 12.5. The first-order valence-electron chi connectivity index (χ1n) is 16.2. The number of anilines is 2. The van der Waals surface area contributed by atoms with Gasteiger partial charge in [-0.25, -0.2) is 19.4 Å². The number of carbonyl (C=O) groups is 1. The van der Waals surface area contributed by atoms with Gasteiger partial charge in [0.15, 0.2) is 11.4 Å². The Labute approximate surface area is 286 Å². The first-order chi connectivity index (χ1) is 24.3. The van der Waals surface area contributed by atoms with Crippen molar-refractivity contribution in [2.75, 3.05) is 11.9 Å². The molecule has 0 saturated heterocycles. The quantitative estimate of drug-likeness (QED) is 0.115. The monoisotopic (exact) mass is 675 g/mol. The van der Waals surface area contributed by atoms with Gasteiger partial charge < -0.3 is 14.8 Å². The van der Waals surface area contributed by atoms with Crippen molar-refractivity contribution in [2.24, 2.45) is 0 Å². The molecule has 50 heavy (non-hydrogen) atoms. The SMILES string of the molecule is CCCOC(=O)c1nn(C(c2ccccc2)(c2ccccc2)c2ccccc2)c2c1CCc1cnc(Nc3ccccc3OC(F)(F)F)nc1-2. The van der Waals surface area contributed by atoms with Crippen molar-refractivity contribution >= 4 is 17.6 Å². The molecule has 0 bridgehead atoms. The Kier molecular flexibility index (Phi) is 8.80. The van der Waals surface area contributed by atoms with Gasteiger partial charge in [-0.1, -0.05) is 110 Å². The van der Waals surface area contributed by atoms with E-state index in [1.165, 1.54) is 18.2 Å². The number of aromatic nitrogens is 4. The molecule has 0 unspecified atom stereocenters. The third-order valence-corrected chi connectivity index (χ3v) is 8.60. The summed E-state index contributed by atoms with van der Waals surface area (Å²) < 4.78 is 51.5. The minimum atomic E-state index is -4.89. The summed E-state index contributed by atoms with van der Waals surface area (Å²) in [7, 11) is 0. The third-order valence-electron chi connectivity index (χ3n) is 8.60. The first kappa shape index (κ1) is 32.6. The molecule has 1 aliphatic carbocycles. The van der Waals surface area contributed by atoms with Crippen LogP contribution in [0.3, 0.4) is 0 Å². The summed E-state index contributed by atoms with van der Waals surface area (Å²) in [4.78, 5) is 23.1. The summed E-state index contributed by atoms with van der Waals surface area (Å²) in [5.74, 6) is -0.925. The van der Waals surface area contributed by atoms with Crippen LogP contribution in [0.1, 0.15) is 51.7 Å². The van der Waals surface area contributed by atoms with Crippen molar-refractivity contribution in [3.05, 3.63) is 155 Å². The lowest BCUT2D eigenvalue weighted by atomic mass is 9.76. The van der Waals surface area contributed by atoms with Gasteiger partial charge in [0, 0.05) is 11.8 Å². The Morgan fingerprint density at radius 2 is 1.40 bits per heavy atom. The Balaban J connectivity index is 1.50. The fourth-order valence-corrected chi connectivity index (χ4v) is 6.52. The van der Waals surface area contributed by atoms with E-state index in [0.29, 0.717) is 36.2 Å². The van der Waals surface area contributed by atoms with Crippen molar-refractivity contribution in [1.29, 1.82) is 0 Å². The number of benzene rings is 4. The van der Waals surface area contributed by atoms with Gasteiger partial charge >= 0.3 is 12.3 Å².